The second kappa shape index (κ2) is 19.3. The Morgan fingerprint density at radius 3 is 1.70 bits per heavy atom. The molecule has 2 fully saturated rings. The summed E-state index contributed by atoms with van der Waals surface area (Å²) >= 11 is 0. The van der Waals surface area contributed by atoms with Crippen LogP contribution in [-0.4, -0.2) is 120 Å². The Balaban J connectivity index is 0.000000204. The monoisotopic (exact) mass is 733 g/mol. The molecule has 53 heavy (non-hydrogen) atoms. The first-order valence-electron chi connectivity index (χ1n) is 20.8. The maximum atomic E-state index is 13.2. The van der Waals surface area contributed by atoms with Crippen molar-refractivity contribution in [3.8, 4) is 11.5 Å². The molecular weight excluding hydrogens is 661 g/mol. The number of carbonyl (C=O) groups is 1. The predicted molar refractivity (Wildman–Crippen MR) is 217 cm³/mol. The van der Waals surface area contributed by atoms with Gasteiger partial charge in [-0.05, 0) is 142 Å². The number of hydrogen-bond acceptors (Lipinski definition) is 8. The van der Waals surface area contributed by atoms with Crippen LogP contribution in [0, 0.1) is 23.7 Å². The number of nitrogens with zero attached hydrogens (tertiary/aromatic N) is 4. The van der Waals surface area contributed by atoms with Crippen LogP contribution in [-0.2, 0) is 30.7 Å². The van der Waals surface area contributed by atoms with E-state index < -0.39 is 0 Å². The summed E-state index contributed by atoms with van der Waals surface area (Å²) in [6.45, 7) is 23.4. The molecule has 6 rings (SSSR count). The molecule has 4 aliphatic heterocycles. The molecular formula is C44H72N6O3. The molecule has 0 aromatic heterocycles. The molecule has 0 aliphatic carbocycles. The minimum absolute atomic E-state index is 0.179. The number of piperidine rings is 2. The molecule has 9 heteroatoms. The Morgan fingerprint density at radius 1 is 0.717 bits per heavy atom. The molecule has 2 aromatic carbocycles. The number of likely N-dealkylation sites (tertiary alicyclic amines) is 2. The number of nitrogens with one attached hydrogen (secondary N) is 2. The lowest BCUT2D eigenvalue weighted by molar-refractivity contribution is -0.135. The number of amides is 1. The molecule has 2 saturated heterocycles. The number of benzene rings is 2. The SMILES string of the molecule is CC1CCN(C[C@H](C(C)C)N(C)C(=O)[C@H]2Cc3ccc(O)cc3CN2)CC1.CC1CCN(C[C@H](C(C)C)N(C)C[C@H]2Cc3ccc(O)cc3CN2)CC1. The fraction of sp³-hybridized carbons (Fsp3) is 0.705. The molecule has 4 heterocycles. The van der Waals surface area contributed by atoms with E-state index in [-0.39, 0.29) is 23.7 Å². The van der Waals surface area contributed by atoms with E-state index in [1.807, 2.05) is 30.1 Å². The predicted octanol–water partition coefficient (Wildman–Crippen LogP) is 5.72. The zero-order valence-corrected chi connectivity index (χ0v) is 34.3. The van der Waals surface area contributed by atoms with Crippen LogP contribution in [0.15, 0.2) is 36.4 Å². The summed E-state index contributed by atoms with van der Waals surface area (Å²) in [5.41, 5.74) is 4.87. The number of fused-ring (bicyclic) bond motifs is 2. The molecule has 0 bridgehead atoms. The van der Waals surface area contributed by atoms with Crippen molar-refractivity contribution < 1.29 is 15.0 Å². The average Bonchev–Trinajstić information content (AvgIpc) is 3.13. The lowest BCUT2D eigenvalue weighted by Gasteiger charge is -2.40. The topological polar surface area (TPSA) is 94.6 Å². The van der Waals surface area contributed by atoms with Crippen LogP contribution in [0.2, 0.25) is 0 Å². The van der Waals surface area contributed by atoms with Crippen LogP contribution in [0.3, 0.4) is 0 Å². The van der Waals surface area contributed by atoms with Crippen LogP contribution < -0.4 is 10.6 Å². The van der Waals surface area contributed by atoms with Gasteiger partial charge in [0.1, 0.15) is 11.5 Å². The van der Waals surface area contributed by atoms with Crippen LogP contribution in [0.1, 0.15) is 89.5 Å². The number of phenols is 2. The number of rotatable bonds is 11. The zero-order valence-electron chi connectivity index (χ0n) is 34.3. The first kappa shape index (κ1) is 41.5. The van der Waals surface area contributed by atoms with Gasteiger partial charge in [-0.1, -0.05) is 53.7 Å². The summed E-state index contributed by atoms with van der Waals surface area (Å²) < 4.78 is 0. The number of aromatic hydroxyl groups is 2. The van der Waals surface area contributed by atoms with Gasteiger partial charge in [0.2, 0.25) is 5.91 Å². The average molecular weight is 733 g/mol. The van der Waals surface area contributed by atoms with Crippen LogP contribution in [0.25, 0.3) is 0 Å². The largest absolute Gasteiger partial charge is 0.508 e. The Labute approximate surface area is 321 Å². The third kappa shape index (κ3) is 11.7. The first-order chi connectivity index (χ1) is 25.3. The number of carbonyl (C=O) groups excluding carboxylic acids is 1. The molecule has 296 valence electrons. The zero-order chi connectivity index (χ0) is 38.2. The Kier molecular flexibility index (Phi) is 15.1. The normalized spacial score (nSPS) is 22.9. The highest BCUT2D eigenvalue weighted by atomic mass is 16.3. The number of likely N-dealkylation sites (N-methyl/N-ethyl adjacent to an activating group) is 2. The standard InChI is InChI=1S/C22H35N3O2.C22H37N3O/c1-15(2)21(14-25-9-7-16(3)8-10-25)24(4)22(27)20-12-17-5-6-19(26)11-18(17)13-23-20;1-16(2)22(15-25-9-7-17(3)8-10-25)24(4)14-20-11-18-5-6-21(26)12-19(18)13-23-20/h5-6,11,15-16,20-21,23,26H,7-10,12-14H2,1-4H3;5-6,12,16-17,20,22-23,26H,7-11,13-15H2,1-4H3/t20-,21-;20-,22-/m11/s1. The Morgan fingerprint density at radius 2 is 1.19 bits per heavy atom. The van der Waals surface area contributed by atoms with Crippen molar-refractivity contribution in [3.05, 3.63) is 58.7 Å². The summed E-state index contributed by atoms with van der Waals surface area (Å²) in [5, 5.41) is 26.4. The van der Waals surface area contributed by atoms with Gasteiger partial charge in [-0.25, -0.2) is 0 Å². The number of phenolic OH excluding ortho intramolecular Hbond substituents is 2. The molecule has 4 N–H and O–H groups in total. The Hall–Kier alpha value is -2.69. The van der Waals surface area contributed by atoms with E-state index in [0.717, 1.165) is 62.1 Å². The van der Waals surface area contributed by atoms with Gasteiger partial charge in [-0.3, -0.25) is 4.79 Å². The second-order valence-corrected chi connectivity index (χ2v) is 17.8. The van der Waals surface area contributed by atoms with Crippen molar-refractivity contribution in [2.24, 2.45) is 23.7 Å². The fourth-order valence-corrected chi connectivity index (χ4v) is 8.92. The molecule has 0 unspecified atom stereocenters. The molecule has 0 spiro atoms. The van der Waals surface area contributed by atoms with Crippen LogP contribution in [0.4, 0.5) is 0 Å². The third-order valence-electron chi connectivity index (χ3n) is 12.8. The highest BCUT2D eigenvalue weighted by Crippen LogP contribution is 2.26. The van der Waals surface area contributed by atoms with E-state index in [1.165, 1.54) is 56.4 Å². The molecule has 0 saturated carbocycles. The van der Waals surface area contributed by atoms with Crippen LogP contribution >= 0.6 is 0 Å². The van der Waals surface area contributed by atoms with E-state index in [0.29, 0.717) is 42.6 Å². The maximum Gasteiger partial charge on any atom is 0.240 e. The quantitative estimate of drug-likeness (QED) is 0.234. The van der Waals surface area contributed by atoms with Crippen molar-refractivity contribution in [1.82, 2.24) is 30.2 Å². The maximum absolute atomic E-state index is 13.2. The van der Waals surface area contributed by atoms with Crippen molar-refractivity contribution in [2.75, 3.05) is 59.9 Å². The van der Waals surface area contributed by atoms with Crippen molar-refractivity contribution in [3.63, 3.8) is 0 Å². The third-order valence-corrected chi connectivity index (χ3v) is 12.8. The van der Waals surface area contributed by atoms with Gasteiger partial charge < -0.3 is 40.4 Å². The second-order valence-electron chi connectivity index (χ2n) is 17.8. The lowest BCUT2D eigenvalue weighted by atomic mass is 9.93. The van der Waals surface area contributed by atoms with Crippen LogP contribution in [0.5, 0.6) is 11.5 Å². The molecule has 4 atom stereocenters. The van der Waals surface area contributed by atoms with E-state index in [1.54, 1.807) is 12.1 Å². The Bertz CT molecular complexity index is 1450. The smallest absolute Gasteiger partial charge is 0.240 e. The van der Waals surface area contributed by atoms with Crippen molar-refractivity contribution in [1.29, 1.82) is 0 Å². The summed E-state index contributed by atoms with van der Waals surface area (Å²) in [7, 11) is 4.26. The highest BCUT2D eigenvalue weighted by molar-refractivity contribution is 5.82. The highest BCUT2D eigenvalue weighted by Gasteiger charge is 2.33. The van der Waals surface area contributed by atoms with Gasteiger partial charge in [0.05, 0.1) is 6.04 Å². The fourth-order valence-electron chi connectivity index (χ4n) is 8.92. The van der Waals surface area contributed by atoms with Gasteiger partial charge in [0.25, 0.3) is 0 Å². The molecule has 1 amide bonds. The minimum Gasteiger partial charge on any atom is -0.508 e. The van der Waals surface area contributed by atoms with E-state index in [2.05, 4.69) is 80.0 Å². The first-order valence-corrected chi connectivity index (χ1v) is 20.8. The van der Waals surface area contributed by atoms with Gasteiger partial charge in [-0.2, -0.15) is 0 Å². The van der Waals surface area contributed by atoms with Crippen molar-refractivity contribution in [2.45, 2.75) is 117 Å². The van der Waals surface area contributed by atoms with E-state index >= 15 is 0 Å². The van der Waals surface area contributed by atoms with Gasteiger partial charge >= 0.3 is 0 Å². The summed E-state index contributed by atoms with van der Waals surface area (Å²) in [4.78, 5) is 23.0. The molecule has 9 nitrogen and oxygen atoms in total. The lowest BCUT2D eigenvalue weighted by Crippen LogP contribution is -2.55. The molecule has 2 aromatic rings. The number of hydrogen-bond donors (Lipinski definition) is 4. The molecule has 0 radical (unpaired) electrons. The molecule has 4 aliphatic rings. The minimum atomic E-state index is -0.185. The summed E-state index contributed by atoms with van der Waals surface area (Å²) in [6.07, 6.45) is 6.95. The van der Waals surface area contributed by atoms with Crippen molar-refractivity contribution >= 4 is 5.91 Å². The van der Waals surface area contributed by atoms with E-state index in [4.69, 9.17) is 0 Å². The van der Waals surface area contributed by atoms with E-state index in [9.17, 15) is 15.0 Å². The summed E-state index contributed by atoms with van der Waals surface area (Å²) in [6, 6.07) is 12.4. The van der Waals surface area contributed by atoms with Gasteiger partial charge in [0.15, 0.2) is 0 Å². The summed E-state index contributed by atoms with van der Waals surface area (Å²) in [5.74, 6) is 3.64. The van der Waals surface area contributed by atoms with Gasteiger partial charge in [-0.15, -0.1) is 0 Å². The van der Waals surface area contributed by atoms with Gasteiger partial charge in [0, 0.05) is 57.9 Å².